The smallest absolute Gasteiger partial charge is 0.294 e. The normalized spacial score (nSPS) is 11.0. The number of carbonyl (C=O) groups excluding carboxylic acids is 1. The number of aromatic hydroxyl groups is 1. The minimum atomic E-state index is -0.713. The molecule has 14 heteroatoms. The number of aromatic nitrogens is 5. The molecule has 1 amide bonds. The predicted molar refractivity (Wildman–Crippen MR) is 109 cm³/mol. The van der Waals surface area contributed by atoms with Crippen molar-refractivity contribution in [1.82, 2.24) is 30.7 Å². The minimum Gasteiger partial charge on any atom is -0.508 e. The fraction of sp³-hybridized carbons (Fsp3) is 0. The average molecular weight is 435 g/mol. The number of anilines is 1. The maximum absolute atomic E-state index is 12.7. The Balaban J connectivity index is 1.69. The van der Waals surface area contributed by atoms with Crippen LogP contribution in [0.25, 0.3) is 17.1 Å². The lowest BCUT2D eigenvalue weighted by atomic mass is 10.1. The highest BCUT2D eigenvalue weighted by atomic mass is 16.6. The number of benzene rings is 2. The molecule has 0 aliphatic heterocycles. The van der Waals surface area contributed by atoms with Gasteiger partial charge in [0.25, 0.3) is 11.6 Å². The van der Waals surface area contributed by atoms with Crippen LogP contribution < -0.4 is 11.2 Å². The summed E-state index contributed by atoms with van der Waals surface area (Å²) < 4.78 is 5.72. The Hall–Kier alpha value is -5.14. The number of rotatable bonds is 6. The zero-order valence-corrected chi connectivity index (χ0v) is 16.0. The minimum absolute atomic E-state index is 0.0162. The Morgan fingerprint density at radius 1 is 1.19 bits per heavy atom. The van der Waals surface area contributed by atoms with Gasteiger partial charge in [0.15, 0.2) is 5.69 Å². The number of phenols is 1. The molecule has 0 aliphatic carbocycles. The number of nitrogen functional groups attached to an aromatic ring is 1. The Morgan fingerprint density at radius 3 is 2.53 bits per heavy atom. The molecule has 32 heavy (non-hydrogen) atoms. The van der Waals surface area contributed by atoms with Gasteiger partial charge >= 0.3 is 0 Å². The second-order valence-electron chi connectivity index (χ2n) is 6.27. The number of nitrogens with zero attached hydrogens (tertiary/aromatic N) is 7. The molecule has 0 unspecified atom stereocenters. The molecule has 4 aromatic rings. The molecule has 0 fully saturated rings. The van der Waals surface area contributed by atoms with Gasteiger partial charge in [-0.05, 0) is 52.3 Å². The van der Waals surface area contributed by atoms with Gasteiger partial charge in [-0.15, -0.1) is 5.10 Å². The van der Waals surface area contributed by atoms with Gasteiger partial charge in [-0.2, -0.15) is 9.78 Å². The van der Waals surface area contributed by atoms with Gasteiger partial charge in [0.2, 0.25) is 11.6 Å². The molecule has 160 valence electrons. The van der Waals surface area contributed by atoms with E-state index in [0.29, 0.717) is 11.1 Å². The molecule has 0 saturated heterocycles. The summed E-state index contributed by atoms with van der Waals surface area (Å²) in [5.41, 5.74) is 8.92. The summed E-state index contributed by atoms with van der Waals surface area (Å²) in [5.74, 6) is -0.736. The fourth-order valence-corrected chi connectivity index (χ4v) is 2.70. The zero-order valence-electron chi connectivity index (χ0n) is 16.0. The van der Waals surface area contributed by atoms with Crippen LogP contribution in [0, 0.1) is 10.1 Å². The van der Waals surface area contributed by atoms with Crippen LogP contribution in [0.15, 0.2) is 58.3 Å². The van der Waals surface area contributed by atoms with E-state index >= 15 is 0 Å². The molecule has 2 aromatic carbocycles. The van der Waals surface area contributed by atoms with Gasteiger partial charge in [-0.1, -0.05) is 5.21 Å². The quantitative estimate of drug-likeness (QED) is 0.225. The Morgan fingerprint density at radius 2 is 1.91 bits per heavy atom. The maximum Gasteiger partial charge on any atom is 0.294 e. The third-order valence-electron chi connectivity index (χ3n) is 4.21. The van der Waals surface area contributed by atoms with E-state index in [9.17, 15) is 20.0 Å². The standard InChI is InChI=1S/C18H13N9O5/c19-16-17(24-32-23-16)26-15(11-3-5-12(6-4-11)27(30)31)14(21-25-26)18(29)22-20-9-10-1-7-13(28)8-2-10/h1-9,28H,(H2,19,23)(H,22,29). The van der Waals surface area contributed by atoms with E-state index in [-0.39, 0.29) is 34.5 Å². The number of nitrogens with two attached hydrogens (primary N) is 1. The van der Waals surface area contributed by atoms with Crippen molar-refractivity contribution in [2.24, 2.45) is 5.10 Å². The van der Waals surface area contributed by atoms with Gasteiger partial charge < -0.3 is 10.8 Å². The zero-order chi connectivity index (χ0) is 22.7. The van der Waals surface area contributed by atoms with Gasteiger partial charge in [0, 0.05) is 17.7 Å². The van der Waals surface area contributed by atoms with Crippen LogP contribution in [-0.2, 0) is 0 Å². The van der Waals surface area contributed by atoms with E-state index in [1.54, 1.807) is 12.1 Å². The summed E-state index contributed by atoms with van der Waals surface area (Å²) in [6.45, 7) is 0. The van der Waals surface area contributed by atoms with Gasteiger partial charge in [-0.3, -0.25) is 14.9 Å². The summed E-state index contributed by atoms with van der Waals surface area (Å²) >= 11 is 0. The highest BCUT2D eigenvalue weighted by Crippen LogP contribution is 2.28. The maximum atomic E-state index is 12.7. The first-order valence-corrected chi connectivity index (χ1v) is 8.85. The van der Waals surface area contributed by atoms with E-state index in [2.05, 4.69) is 35.8 Å². The number of amides is 1. The van der Waals surface area contributed by atoms with E-state index in [4.69, 9.17) is 5.73 Å². The van der Waals surface area contributed by atoms with Gasteiger partial charge in [-0.25, -0.2) is 10.1 Å². The van der Waals surface area contributed by atoms with E-state index < -0.39 is 10.8 Å². The van der Waals surface area contributed by atoms with Crippen molar-refractivity contribution in [3.05, 3.63) is 69.9 Å². The van der Waals surface area contributed by atoms with Crippen molar-refractivity contribution in [1.29, 1.82) is 0 Å². The van der Waals surface area contributed by atoms with Crippen LogP contribution in [0.4, 0.5) is 11.5 Å². The number of hydrazone groups is 1. The number of nitro benzene ring substituents is 1. The van der Waals surface area contributed by atoms with Gasteiger partial charge in [0.1, 0.15) is 11.4 Å². The Kier molecular flexibility index (Phi) is 5.23. The number of non-ortho nitro benzene ring substituents is 1. The second kappa shape index (κ2) is 8.31. The molecule has 4 N–H and O–H groups in total. The summed E-state index contributed by atoms with van der Waals surface area (Å²) in [4.78, 5) is 23.2. The summed E-state index contributed by atoms with van der Waals surface area (Å²) in [5, 5.41) is 39.1. The van der Waals surface area contributed by atoms with Crippen LogP contribution >= 0.6 is 0 Å². The average Bonchev–Trinajstić information content (AvgIpc) is 3.41. The fourth-order valence-electron chi connectivity index (χ4n) is 2.70. The van der Waals surface area contributed by atoms with Crippen LogP contribution in [0.3, 0.4) is 0 Å². The molecule has 2 heterocycles. The number of hydrogen-bond donors (Lipinski definition) is 3. The molecular formula is C18H13N9O5. The number of phenolic OH excluding ortho intramolecular Hbond substituents is 1. The van der Waals surface area contributed by atoms with Gasteiger partial charge in [0.05, 0.1) is 11.1 Å². The summed E-state index contributed by atoms with van der Waals surface area (Å²) in [6.07, 6.45) is 1.37. The van der Waals surface area contributed by atoms with Crippen molar-refractivity contribution in [2.45, 2.75) is 0 Å². The lowest BCUT2D eigenvalue weighted by Crippen LogP contribution is -2.19. The predicted octanol–water partition coefficient (Wildman–Crippen LogP) is 1.28. The SMILES string of the molecule is Nc1nonc1-n1nnc(C(=O)NN=Cc2ccc(O)cc2)c1-c1ccc([N+](=O)[O-])cc1. The third-order valence-corrected chi connectivity index (χ3v) is 4.21. The van der Waals surface area contributed by atoms with E-state index in [1.807, 2.05) is 0 Å². The van der Waals surface area contributed by atoms with E-state index in [0.717, 1.165) is 4.68 Å². The molecule has 0 radical (unpaired) electrons. The van der Waals surface area contributed by atoms with Crippen molar-refractivity contribution >= 4 is 23.6 Å². The van der Waals surface area contributed by atoms with Crippen LogP contribution in [0.2, 0.25) is 0 Å². The van der Waals surface area contributed by atoms with Crippen molar-refractivity contribution in [3.63, 3.8) is 0 Å². The molecule has 0 aliphatic rings. The lowest BCUT2D eigenvalue weighted by molar-refractivity contribution is -0.384. The van der Waals surface area contributed by atoms with E-state index in [1.165, 1.54) is 42.6 Å². The van der Waals surface area contributed by atoms with Crippen molar-refractivity contribution in [3.8, 4) is 22.8 Å². The highest BCUT2D eigenvalue weighted by molar-refractivity contribution is 5.98. The number of carbonyl (C=O) groups is 1. The molecule has 0 saturated carbocycles. The topological polar surface area (TPSA) is 200 Å². The first kappa shape index (κ1) is 20.1. The molecular weight excluding hydrogens is 422 g/mol. The monoisotopic (exact) mass is 435 g/mol. The molecule has 14 nitrogen and oxygen atoms in total. The Bertz CT molecular complexity index is 1310. The number of hydrogen-bond acceptors (Lipinski definition) is 11. The highest BCUT2D eigenvalue weighted by Gasteiger charge is 2.25. The summed E-state index contributed by atoms with van der Waals surface area (Å²) in [7, 11) is 0. The van der Waals surface area contributed by atoms with Crippen LogP contribution in [0.5, 0.6) is 5.75 Å². The number of nitrogens with one attached hydrogen (secondary N) is 1. The first-order valence-electron chi connectivity index (χ1n) is 8.85. The largest absolute Gasteiger partial charge is 0.508 e. The molecule has 4 rings (SSSR count). The van der Waals surface area contributed by atoms with Crippen molar-refractivity contribution in [2.75, 3.05) is 5.73 Å². The Labute approximate surface area is 178 Å². The van der Waals surface area contributed by atoms with Crippen LogP contribution in [0.1, 0.15) is 16.1 Å². The molecule has 2 aromatic heterocycles. The number of nitro groups is 1. The molecule has 0 spiro atoms. The van der Waals surface area contributed by atoms with Crippen molar-refractivity contribution < 1.29 is 19.5 Å². The molecule has 0 atom stereocenters. The molecule has 0 bridgehead atoms. The second-order valence-corrected chi connectivity index (χ2v) is 6.27. The third kappa shape index (κ3) is 3.95. The first-order chi connectivity index (χ1) is 15.4. The summed E-state index contributed by atoms with van der Waals surface area (Å²) in [6, 6.07) is 11.5. The van der Waals surface area contributed by atoms with Crippen LogP contribution in [-0.4, -0.2) is 47.5 Å². The lowest BCUT2D eigenvalue weighted by Gasteiger charge is -2.05.